The summed E-state index contributed by atoms with van der Waals surface area (Å²) in [5.41, 5.74) is 0.951. The summed E-state index contributed by atoms with van der Waals surface area (Å²) in [6, 6.07) is 13.2. The maximum Gasteiger partial charge on any atom is 0.271 e. The molecule has 1 saturated carbocycles. The van der Waals surface area contributed by atoms with E-state index >= 15 is 0 Å². The lowest BCUT2D eigenvalue weighted by Crippen LogP contribution is -2.64. The maximum absolute atomic E-state index is 14.1. The van der Waals surface area contributed by atoms with Gasteiger partial charge in [-0.05, 0) is 44.0 Å². The van der Waals surface area contributed by atoms with Crippen molar-refractivity contribution in [1.29, 1.82) is 0 Å². The molecule has 3 aromatic rings. The van der Waals surface area contributed by atoms with Crippen LogP contribution in [0.25, 0.3) is 10.9 Å². The quantitative estimate of drug-likeness (QED) is 0.537. The molecular formula is C28H33N3O5. The lowest BCUT2D eigenvalue weighted by molar-refractivity contribution is -0.133. The second-order valence-electron chi connectivity index (χ2n) is 9.78. The van der Waals surface area contributed by atoms with Crippen molar-refractivity contribution in [3.8, 4) is 17.2 Å². The molecule has 0 radical (unpaired) electrons. The number of ether oxygens (including phenoxy) is 3. The van der Waals surface area contributed by atoms with E-state index in [1.165, 1.54) is 0 Å². The molecule has 2 heterocycles. The highest BCUT2D eigenvalue weighted by Gasteiger charge is 2.48. The van der Waals surface area contributed by atoms with Crippen LogP contribution < -0.4 is 19.5 Å². The second kappa shape index (κ2) is 9.41. The lowest BCUT2D eigenvalue weighted by Gasteiger charge is -2.44. The first-order chi connectivity index (χ1) is 17.4. The second-order valence-corrected chi connectivity index (χ2v) is 9.78. The van der Waals surface area contributed by atoms with Gasteiger partial charge in [0.25, 0.3) is 5.91 Å². The first kappa shape index (κ1) is 24.0. The van der Waals surface area contributed by atoms with E-state index in [4.69, 9.17) is 14.2 Å². The predicted octanol–water partition coefficient (Wildman–Crippen LogP) is 4.14. The van der Waals surface area contributed by atoms with Crippen molar-refractivity contribution in [1.82, 2.24) is 14.8 Å². The number of amides is 2. The van der Waals surface area contributed by atoms with Crippen LogP contribution in [-0.2, 0) is 17.9 Å². The molecule has 190 valence electrons. The Morgan fingerprint density at radius 1 is 1.00 bits per heavy atom. The van der Waals surface area contributed by atoms with Crippen LogP contribution in [0.3, 0.4) is 0 Å². The van der Waals surface area contributed by atoms with Crippen molar-refractivity contribution in [2.75, 3.05) is 21.3 Å². The summed E-state index contributed by atoms with van der Waals surface area (Å²) in [6.45, 7) is 2.38. The molecule has 0 bridgehead atoms. The van der Waals surface area contributed by atoms with Gasteiger partial charge in [0, 0.05) is 17.0 Å². The van der Waals surface area contributed by atoms with Crippen LogP contribution in [0.5, 0.6) is 17.2 Å². The van der Waals surface area contributed by atoms with E-state index < -0.39 is 5.54 Å². The average Bonchev–Trinajstić information content (AvgIpc) is 3.54. The summed E-state index contributed by atoms with van der Waals surface area (Å²) in [5.74, 6) is 1.58. The fraction of sp³-hybridized carbons (Fsp3) is 0.429. The normalized spacial score (nSPS) is 19.9. The van der Waals surface area contributed by atoms with Crippen molar-refractivity contribution in [2.45, 2.75) is 57.3 Å². The lowest BCUT2D eigenvalue weighted by atomic mass is 9.93. The third-order valence-corrected chi connectivity index (χ3v) is 7.65. The van der Waals surface area contributed by atoms with Gasteiger partial charge in [-0.15, -0.1) is 0 Å². The molecule has 1 aromatic heterocycles. The van der Waals surface area contributed by atoms with E-state index in [1.807, 2.05) is 54.0 Å². The van der Waals surface area contributed by atoms with Gasteiger partial charge < -0.3 is 29.0 Å². The number of carbonyl (C=O) groups is 2. The molecule has 1 aliphatic heterocycles. The molecule has 0 saturated heterocycles. The van der Waals surface area contributed by atoms with Crippen molar-refractivity contribution < 1.29 is 23.8 Å². The molecular weight excluding hydrogens is 458 g/mol. The van der Waals surface area contributed by atoms with Crippen molar-refractivity contribution in [2.24, 2.45) is 0 Å². The Morgan fingerprint density at radius 3 is 2.36 bits per heavy atom. The molecule has 2 amide bonds. The predicted molar refractivity (Wildman–Crippen MR) is 137 cm³/mol. The van der Waals surface area contributed by atoms with Crippen molar-refractivity contribution in [3.05, 3.63) is 53.7 Å². The molecule has 1 atom stereocenters. The number of nitrogens with one attached hydrogen (secondary N) is 1. The van der Waals surface area contributed by atoms with Crippen LogP contribution in [0.4, 0.5) is 0 Å². The first-order valence-electron chi connectivity index (χ1n) is 12.4. The van der Waals surface area contributed by atoms with E-state index in [1.54, 1.807) is 26.2 Å². The molecule has 1 N–H and O–H groups in total. The summed E-state index contributed by atoms with van der Waals surface area (Å²) < 4.78 is 18.7. The first-order valence-corrected chi connectivity index (χ1v) is 12.4. The smallest absolute Gasteiger partial charge is 0.271 e. The fourth-order valence-corrected chi connectivity index (χ4v) is 5.62. The molecule has 2 aromatic carbocycles. The Hall–Kier alpha value is -3.68. The molecule has 1 aliphatic carbocycles. The van der Waals surface area contributed by atoms with Gasteiger partial charge in [0.1, 0.15) is 28.5 Å². The van der Waals surface area contributed by atoms with Gasteiger partial charge in [-0.25, -0.2) is 0 Å². The number of nitrogens with zero attached hydrogens (tertiary/aromatic N) is 2. The Bertz CT molecular complexity index is 1310. The zero-order valence-electron chi connectivity index (χ0n) is 21.3. The number of fused-ring (bicyclic) bond motifs is 3. The number of methoxy groups -OCH3 is 3. The molecule has 2 aliphatic rings. The zero-order valence-corrected chi connectivity index (χ0v) is 21.3. The summed E-state index contributed by atoms with van der Waals surface area (Å²) in [5, 5.41) is 4.02. The average molecular weight is 492 g/mol. The van der Waals surface area contributed by atoms with Crippen LogP contribution in [0.1, 0.15) is 48.7 Å². The Labute approximate surface area is 211 Å². The van der Waals surface area contributed by atoms with E-state index in [9.17, 15) is 9.59 Å². The summed E-state index contributed by atoms with van der Waals surface area (Å²) in [6.07, 6.45) is 4.14. The number of benzene rings is 2. The minimum absolute atomic E-state index is 0.134. The van der Waals surface area contributed by atoms with Gasteiger partial charge >= 0.3 is 0 Å². The number of hydrogen-bond acceptors (Lipinski definition) is 5. The molecule has 5 rings (SSSR count). The van der Waals surface area contributed by atoms with E-state index in [0.717, 1.165) is 42.1 Å². The topological polar surface area (TPSA) is 82.0 Å². The number of para-hydroxylation sites is 1. The Balaban J connectivity index is 1.65. The molecule has 1 fully saturated rings. The van der Waals surface area contributed by atoms with E-state index in [2.05, 4.69) is 5.32 Å². The highest BCUT2D eigenvalue weighted by Crippen LogP contribution is 2.41. The highest BCUT2D eigenvalue weighted by atomic mass is 16.5. The Kier molecular flexibility index (Phi) is 6.28. The number of hydrogen-bond donors (Lipinski definition) is 1. The van der Waals surface area contributed by atoms with E-state index in [0.29, 0.717) is 22.9 Å². The molecule has 0 spiro atoms. The Morgan fingerprint density at radius 2 is 1.67 bits per heavy atom. The molecule has 8 nitrogen and oxygen atoms in total. The molecule has 8 heteroatoms. The largest absolute Gasteiger partial charge is 0.496 e. The number of rotatable bonds is 7. The third kappa shape index (κ3) is 3.85. The molecule has 0 unspecified atom stereocenters. The SMILES string of the molecule is COc1ccccc1CN1C(=O)c2cc3c(OC)ccc(OC)c3n2C[C@]1(C)C(=O)NC1CCCC1. The van der Waals surface area contributed by atoms with Gasteiger partial charge in [-0.1, -0.05) is 31.0 Å². The monoisotopic (exact) mass is 491 g/mol. The number of aromatic nitrogens is 1. The summed E-state index contributed by atoms with van der Waals surface area (Å²) in [7, 11) is 4.82. The van der Waals surface area contributed by atoms with Crippen molar-refractivity contribution >= 4 is 22.7 Å². The van der Waals surface area contributed by atoms with Crippen LogP contribution in [0.2, 0.25) is 0 Å². The van der Waals surface area contributed by atoms with Crippen LogP contribution in [-0.4, -0.2) is 54.2 Å². The van der Waals surface area contributed by atoms with Gasteiger partial charge in [-0.2, -0.15) is 0 Å². The zero-order chi connectivity index (χ0) is 25.4. The summed E-state index contributed by atoms with van der Waals surface area (Å²) in [4.78, 5) is 29.7. The highest BCUT2D eigenvalue weighted by molar-refractivity contribution is 6.06. The minimum Gasteiger partial charge on any atom is -0.496 e. The van der Waals surface area contributed by atoms with Gasteiger partial charge in [0.15, 0.2) is 0 Å². The summed E-state index contributed by atoms with van der Waals surface area (Å²) >= 11 is 0. The fourth-order valence-electron chi connectivity index (χ4n) is 5.62. The van der Waals surface area contributed by atoms with Crippen LogP contribution in [0.15, 0.2) is 42.5 Å². The van der Waals surface area contributed by atoms with Crippen LogP contribution in [0, 0.1) is 0 Å². The van der Waals surface area contributed by atoms with Gasteiger partial charge in [0.05, 0.1) is 39.9 Å². The maximum atomic E-state index is 14.1. The minimum atomic E-state index is -1.13. The van der Waals surface area contributed by atoms with Crippen molar-refractivity contribution in [3.63, 3.8) is 0 Å². The third-order valence-electron chi connectivity index (χ3n) is 7.65. The molecule has 36 heavy (non-hydrogen) atoms. The van der Waals surface area contributed by atoms with Gasteiger partial charge in [-0.3, -0.25) is 9.59 Å². The standard InChI is InChI=1S/C28H33N3O5/c1-28(27(33)29-19-10-6-7-11-19)17-30-21(15-20-23(35-3)13-14-24(36-4)25(20)30)26(32)31(28)16-18-9-5-8-12-22(18)34-2/h5,8-9,12-15,19H,6-7,10-11,16-17H2,1-4H3,(H,29,33)/t28-/m1/s1. The van der Waals surface area contributed by atoms with E-state index in [-0.39, 0.29) is 30.9 Å². The van der Waals surface area contributed by atoms with Gasteiger partial charge in [0.2, 0.25) is 5.91 Å². The number of carbonyl (C=O) groups excluding carboxylic acids is 2. The van der Waals surface area contributed by atoms with Crippen LogP contribution >= 0.6 is 0 Å².